The van der Waals surface area contributed by atoms with Gasteiger partial charge in [-0.05, 0) is 6.92 Å². The minimum absolute atomic E-state index is 1.07. The molecule has 0 amide bonds. The van der Waals surface area contributed by atoms with E-state index in [4.69, 9.17) is 0 Å². The van der Waals surface area contributed by atoms with Crippen molar-refractivity contribution in [1.82, 2.24) is 0 Å². The predicted molar refractivity (Wildman–Crippen MR) is 43.0 cm³/mol. The third-order valence-corrected chi connectivity index (χ3v) is 1.26. The van der Waals surface area contributed by atoms with Gasteiger partial charge in [-0.2, -0.15) is 0 Å². The zero-order chi connectivity index (χ0) is 11.8. The molecule has 0 aliphatic carbocycles. The molecule has 0 radical (unpaired) electrons. The van der Waals surface area contributed by atoms with Crippen LogP contribution in [0.3, 0.4) is 0 Å². The topological polar surface area (TPSA) is 52.6 Å². The molecule has 7 heteroatoms. The first kappa shape index (κ1) is 15.2. The van der Waals surface area contributed by atoms with E-state index in [9.17, 15) is 18.6 Å². The number of carbonyl (C=O) groups is 2. The van der Waals surface area contributed by atoms with E-state index < -0.39 is 11.9 Å². The average Bonchev–Trinajstić information content (AvgIpc) is 2.15. The summed E-state index contributed by atoms with van der Waals surface area (Å²) in [6, 6.07) is 0. The minimum Gasteiger partial charge on any atom is -0.331 e. The summed E-state index contributed by atoms with van der Waals surface area (Å²) in [5, 5.41) is 0. The van der Waals surface area contributed by atoms with Gasteiger partial charge in [0.2, 0.25) is 0 Å². The van der Waals surface area contributed by atoms with Crippen LogP contribution in [0.5, 0.6) is 0 Å². The SMILES string of the molecule is CC[N+](C)(C)C.O=C(OF)C(=O)OF. The third-order valence-electron chi connectivity index (χ3n) is 1.26. The summed E-state index contributed by atoms with van der Waals surface area (Å²) in [5.74, 6) is -4.04. The van der Waals surface area contributed by atoms with Crippen LogP contribution in [-0.4, -0.2) is 44.1 Å². The van der Waals surface area contributed by atoms with Crippen LogP contribution in [0.25, 0.3) is 0 Å². The summed E-state index contributed by atoms with van der Waals surface area (Å²) >= 11 is 0. The van der Waals surface area contributed by atoms with E-state index >= 15 is 0 Å². The Balaban J connectivity index is 0. The van der Waals surface area contributed by atoms with E-state index in [2.05, 4.69) is 37.9 Å². The first-order chi connectivity index (χ1) is 6.28. The van der Waals surface area contributed by atoms with Gasteiger partial charge in [-0.25, -0.2) is 19.5 Å². The van der Waals surface area contributed by atoms with Crippen LogP contribution in [-0.2, 0) is 19.5 Å². The van der Waals surface area contributed by atoms with Gasteiger partial charge in [0, 0.05) is 9.05 Å². The number of rotatable bonds is 1. The van der Waals surface area contributed by atoms with E-state index in [1.165, 1.54) is 6.54 Å². The summed E-state index contributed by atoms with van der Waals surface area (Å²) in [7, 11) is 6.54. The molecule has 0 aliphatic rings. The van der Waals surface area contributed by atoms with Crippen molar-refractivity contribution in [1.29, 1.82) is 0 Å². The van der Waals surface area contributed by atoms with Crippen molar-refractivity contribution in [3.05, 3.63) is 0 Å². The van der Waals surface area contributed by atoms with Crippen LogP contribution in [0.15, 0.2) is 0 Å². The van der Waals surface area contributed by atoms with Crippen LogP contribution >= 0.6 is 0 Å². The fraction of sp³-hybridized carbons (Fsp3) is 0.714. The maximum absolute atomic E-state index is 10.5. The van der Waals surface area contributed by atoms with E-state index in [1.807, 2.05) is 0 Å². The minimum atomic E-state index is -2.02. The summed E-state index contributed by atoms with van der Waals surface area (Å²) in [6.45, 7) is 3.39. The molecule has 14 heavy (non-hydrogen) atoms. The second kappa shape index (κ2) is 7.19. The Morgan fingerprint density at radius 3 is 1.36 bits per heavy atom. The normalized spacial score (nSPS) is 9.57. The number of quaternary nitrogens is 1. The molecule has 0 bridgehead atoms. The van der Waals surface area contributed by atoms with Gasteiger partial charge in [0.25, 0.3) is 0 Å². The van der Waals surface area contributed by atoms with Crippen LogP contribution in [0.4, 0.5) is 9.05 Å². The van der Waals surface area contributed by atoms with Gasteiger partial charge in [-0.3, -0.25) is 0 Å². The molecule has 0 aromatic rings. The van der Waals surface area contributed by atoms with Crippen LogP contribution in [0, 0.1) is 0 Å². The van der Waals surface area contributed by atoms with Crippen LogP contribution in [0.1, 0.15) is 6.92 Å². The van der Waals surface area contributed by atoms with E-state index in [0.29, 0.717) is 0 Å². The summed E-state index contributed by atoms with van der Waals surface area (Å²) < 4.78 is 22.1. The molecule has 0 aromatic heterocycles. The number of nitrogens with zero attached hydrogens (tertiary/aromatic N) is 1. The van der Waals surface area contributed by atoms with Gasteiger partial charge in [0.1, 0.15) is 0 Å². The lowest BCUT2D eigenvalue weighted by Gasteiger charge is -2.20. The molecule has 0 saturated heterocycles. The summed E-state index contributed by atoms with van der Waals surface area (Å²) in [4.78, 5) is 23.4. The maximum Gasteiger partial charge on any atom is 0.459 e. The van der Waals surface area contributed by atoms with E-state index in [-0.39, 0.29) is 0 Å². The number of carbonyl (C=O) groups excluding carboxylic acids is 2. The zero-order valence-corrected chi connectivity index (χ0v) is 8.54. The van der Waals surface area contributed by atoms with Gasteiger partial charge in [-0.15, -0.1) is 0 Å². The molecule has 0 spiro atoms. The molecule has 84 valence electrons. The highest BCUT2D eigenvalue weighted by molar-refractivity contribution is 6.29. The average molecular weight is 214 g/mol. The maximum atomic E-state index is 10.5. The molecular formula is C7H14F2NO4+. The molecule has 5 nitrogen and oxygen atoms in total. The lowest BCUT2D eigenvalue weighted by Crippen LogP contribution is -2.33. The number of hydrogen-bond acceptors (Lipinski definition) is 4. The van der Waals surface area contributed by atoms with E-state index in [1.54, 1.807) is 0 Å². The van der Waals surface area contributed by atoms with Crippen molar-refractivity contribution in [2.75, 3.05) is 27.7 Å². The molecule has 0 aliphatic heterocycles. The Hall–Kier alpha value is -1.24. The van der Waals surface area contributed by atoms with Gasteiger partial charge in [-0.1, -0.05) is 0 Å². The van der Waals surface area contributed by atoms with Crippen molar-refractivity contribution >= 4 is 11.9 Å². The molecule has 0 rings (SSSR count). The third kappa shape index (κ3) is 10.8. The highest BCUT2D eigenvalue weighted by Crippen LogP contribution is 1.84. The Kier molecular flexibility index (Phi) is 7.83. The number of halogens is 2. The molecule has 0 heterocycles. The Morgan fingerprint density at radius 1 is 1.07 bits per heavy atom. The van der Waals surface area contributed by atoms with Gasteiger partial charge in [0.15, 0.2) is 0 Å². The molecule has 0 atom stereocenters. The largest absolute Gasteiger partial charge is 0.459 e. The second-order valence-corrected chi connectivity index (χ2v) is 3.34. The lowest BCUT2D eigenvalue weighted by molar-refractivity contribution is -0.868. The predicted octanol–water partition coefficient (Wildman–Crippen LogP) is 0.554. The van der Waals surface area contributed by atoms with Crippen molar-refractivity contribution in [3.63, 3.8) is 0 Å². The van der Waals surface area contributed by atoms with Crippen molar-refractivity contribution < 1.29 is 33.0 Å². The highest BCUT2D eigenvalue weighted by atomic mass is 19.3. The van der Waals surface area contributed by atoms with Crippen LogP contribution < -0.4 is 0 Å². The number of hydrogen-bond donors (Lipinski definition) is 0. The van der Waals surface area contributed by atoms with Crippen molar-refractivity contribution in [3.8, 4) is 0 Å². The molecule has 0 fully saturated rings. The molecule has 0 unspecified atom stereocenters. The van der Waals surface area contributed by atoms with Crippen molar-refractivity contribution in [2.24, 2.45) is 0 Å². The quantitative estimate of drug-likeness (QED) is 0.472. The van der Waals surface area contributed by atoms with Gasteiger partial charge in [0.05, 0.1) is 27.7 Å². The first-order valence-corrected chi connectivity index (χ1v) is 3.74. The molecule has 0 saturated carbocycles. The van der Waals surface area contributed by atoms with E-state index in [0.717, 1.165) is 4.48 Å². The standard InChI is InChI=1S/C5H14N.C2F2O4/c1-5-6(2,3)4;3-7-1(5)2(6)8-4/h5H2,1-4H3;/q+1;. The fourth-order valence-corrected chi connectivity index (χ4v) is 0.0630. The fourth-order valence-electron chi connectivity index (χ4n) is 0.0630. The van der Waals surface area contributed by atoms with Crippen LogP contribution in [0.2, 0.25) is 0 Å². The van der Waals surface area contributed by atoms with Gasteiger partial charge < -0.3 is 4.48 Å². The first-order valence-electron chi connectivity index (χ1n) is 3.74. The summed E-state index contributed by atoms with van der Waals surface area (Å²) in [6.07, 6.45) is 0. The highest BCUT2D eigenvalue weighted by Gasteiger charge is 2.18. The molecule has 0 aromatic carbocycles. The smallest absolute Gasteiger partial charge is 0.331 e. The monoisotopic (exact) mass is 214 g/mol. The summed E-state index contributed by atoms with van der Waals surface area (Å²) in [5.41, 5.74) is 0. The Morgan fingerprint density at radius 2 is 1.29 bits per heavy atom. The lowest BCUT2D eigenvalue weighted by atomic mass is 10.6. The second-order valence-electron chi connectivity index (χ2n) is 3.34. The Bertz CT molecular complexity index is 177. The molecule has 0 N–H and O–H groups in total. The van der Waals surface area contributed by atoms with Crippen molar-refractivity contribution in [2.45, 2.75) is 6.92 Å². The molecular weight excluding hydrogens is 200 g/mol. The Labute approximate surface area is 80.6 Å². The zero-order valence-electron chi connectivity index (χ0n) is 8.54. The van der Waals surface area contributed by atoms with Gasteiger partial charge >= 0.3 is 11.9 Å².